The average molecular weight is 404 g/mol. The molecule has 0 spiro atoms. The van der Waals surface area contributed by atoms with E-state index in [4.69, 9.17) is 11.5 Å². The highest BCUT2D eigenvalue weighted by molar-refractivity contribution is 9.10. The van der Waals surface area contributed by atoms with Crippen molar-refractivity contribution in [2.24, 2.45) is 11.5 Å². The summed E-state index contributed by atoms with van der Waals surface area (Å²) < 4.78 is 0.931. The number of anilines is 3. The highest BCUT2D eigenvalue weighted by Crippen LogP contribution is 2.25. The number of nitrogens with one attached hydrogen (secondary N) is 2. The molecule has 0 saturated heterocycles. The van der Waals surface area contributed by atoms with Crippen LogP contribution in [0.15, 0.2) is 40.9 Å². The van der Waals surface area contributed by atoms with Crippen LogP contribution in [0.4, 0.5) is 17.3 Å². The van der Waals surface area contributed by atoms with Gasteiger partial charge in [0.25, 0.3) is 5.91 Å². The Balaban J connectivity index is 1.85. The predicted molar refractivity (Wildman–Crippen MR) is 104 cm³/mol. The minimum Gasteiger partial charge on any atom is -0.366 e. The minimum atomic E-state index is -0.522. The molecule has 6 nitrogen and oxygen atoms in total. The van der Waals surface area contributed by atoms with Gasteiger partial charge in [0.15, 0.2) is 0 Å². The van der Waals surface area contributed by atoms with Crippen molar-refractivity contribution >= 4 is 39.2 Å². The van der Waals surface area contributed by atoms with Gasteiger partial charge in [-0.25, -0.2) is 4.98 Å². The molecule has 3 rings (SSSR count). The van der Waals surface area contributed by atoms with Crippen molar-refractivity contribution in [3.8, 4) is 0 Å². The van der Waals surface area contributed by atoms with E-state index in [0.29, 0.717) is 17.2 Å². The zero-order chi connectivity index (χ0) is 17.8. The summed E-state index contributed by atoms with van der Waals surface area (Å²) in [5, 5.41) is 6.57. The quantitative estimate of drug-likeness (QED) is 0.612. The second-order valence-electron chi connectivity index (χ2n) is 6.29. The molecule has 2 unspecified atom stereocenters. The Morgan fingerprint density at radius 2 is 2.00 bits per heavy atom. The van der Waals surface area contributed by atoms with Gasteiger partial charge >= 0.3 is 0 Å². The van der Waals surface area contributed by atoms with E-state index in [9.17, 15) is 4.79 Å². The number of rotatable bonds is 5. The second-order valence-corrected chi connectivity index (χ2v) is 7.21. The minimum absolute atomic E-state index is 0.118. The first-order chi connectivity index (χ1) is 12.0. The van der Waals surface area contributed by atoms with Crippen molar-refractivity contribution in [1.82, 2.24) is 4.98 Å². The molecule has 0 radical (unpaired) electrons. The molecular formula is C18H22BrN5O. The second kappa shape index (κ2) is 7.84. The summed E-state index contributed by atoms with van der Waals surface area (Å²) in [6.45, 7) is 0. The van der Waals surface area contributed by atoms with E-state index in [1.165, 1.54) is 6.42 Å². The fourth-order valence-corrected chi connectivity index (χ4v) is 3.46. The maximum Gasteiger partial charge on any atom is 0.252 e. The maximum atomic E-state index is 11.7. The van der Waals surface area contributed by atoms with Gasteiger partial charge in [0.05, 0.1) is 5.56 Å². The third kappa shape index (κ3) is 4.49. The molecule has 0 aliphatic heterocycles. The molecular weight excluding hydrogens is 382 g/mol. The number of primary amides is 1. The van der Waals surface area contributed by atoms with Gasteiger partial charge in [-0.05, 0) is 43.2 Å². The number of hydrogen-bond acceptors (Lipinski definition) is 5. The normalized spacial score (nSPS) is 20.1. The highest BCUT2D eigenvalue weighted by Gasteiger charge is 2.22. The van der Waals surface area contributed by atoms with E-state index < -0.39 is 5.91 Å². The number of nitrogens with zero attached hydrogens (tertiary/aromatic N) is 1. The molecule has 1 aliphatic rings. The zero-order valence-corrected chi connectivity index (χ0v) is 15.4. The van der Waals surface area contributed by atoms with Crippen molar-refractivity contribution in [2.75, 3.05) is 10.6 Å². The number of carbonyl (C=O) groups excluding carboxylic acids is 1. The number of halogens is 1. The van der Waals surface area contributed by atoms with Crippen molar-refractivity contribution in [3.05, 3.63) is 46.4 Å². The highest BCUT2D eigenvalue weighted by atomic mass is 79.9. The molecule has 2 atom stereocenters. The Morgan fingerprint density at radius 1 is 1.20 bits per heavy atom. The third-order valence-corrected chi connectivity index (χ3v) is 4.89. The summed E-state index contributed by atoms with van der Waals surface area (Å²) >= 11 is 3.43. The van der Waals surface area contributed by atoms with E-state index >= 15 is 0 Å². The van der Waals surface area contributed by atoms with Gasteiger partial charge in [-0.15, -0.1) is 0 Å². The smallest absolute Gasteiger partial charge is 0.252 e. The first-order valence-corrected chi connectivity index (χ1v) is 9.18. The lowest BCUT2D eigenvalue weighted by molar-refractivity contribution is 0.100. The van der Waals surface area contributed by atoms with E-state index in [2.05, 4.69) is 31.5 Å². The molecule has 132 valence electrons. The van der Waals surface area contributed by atoms with Crippen LogP contribution in [0.1, 0.15) is 36.0 Å². The number of amides is 1. The first kappa shape index (κ1) is 17.7. The van der Waals surface area contributed by atoms with Gasteiger partial charge in [-0.3, -0.25) is 4.79 Å². The molecule has 1 saturated carbocycles. The number of carbonyl (C=O) groups is 1. The Morgan fingerprint density at radius 3 is 2.72 bits per heavy atom. The lowest BCUT2D eigenvalue weighted by Gasteiger charge is -2.29. The van der Waals surface area contributed by atoms with Gasteiger partial charge in [-0.2, -0.15) is 0 Å². The summed E-state index contributed by atoms with van der Waals surface area (Å²) in [5.41, 5.74) is 12.8. The molecule has 1 aliphatic carbocycles. The van der Waals surface area contributed by atoms with Gasteiger partial charge in [-0.1, -0.05) is 34.8 Å². The van der Waals surface area contributed by atoms with E-state index in [0.717, 1.165) is 29.4 Å². The number of hydrogen-bond donors (Lipinski definition) is 4. The first-order valence-electron chi connectivity index (χ1n) is 8.38. The van der Waals surface area contributed by atoms with Crippen LogP contribution < -0.4 is 22.1 Å². The Kier molecular flexibility index (Phi) is 5.55. The third-order valence-electron chi connectivity index (χ3n) is 4.40. The molecule has 2 aromatic rings. The number of aromatic nitrogens is 1. The van der Waals surface area contributed by atoms with Gasteiger partial charge in [0.2, 0.25) is 0 Å². The molecule has 25 heavy (non-hydrogen) atoms. The Bertz CT molecular complexity index is 767. The van der Waals surface area contributed by atoms with Gasteiger partial charge in [0, 0.05) is 22.2 Å². The van der Waals surface area contributed by atoms with Crippen LogP contribution in [-0.2, 0) is 0 Å². The summed E-state index contributed by atoms with van der Waals surface area (Å²) in [4.78, 5) is 16.3. The standard InChI is InChI=1S/C18H22BrN5O/c19-11-4-3-5-12(10-11)22-18-13(17(21)25)8-9-16(24-18)23-15-7-2-1-6-14(15)20/h3-5,8-10,14-15H,1-2,6-7,20H2,(H2,21,25)(H2,22,23,24). The SMILES string of the molecule is NC(=O)c1ccc(NC2CCCCC2N)nc1Nc1cccc(Br)c1. The fourth-order valence-electron chi connectivity index (χ4n) is 3.07. The monoisotopic (exact) mass is 403 g/mol. The van der Waals surface area contributed by atoms with E-state index in [-0.39, 0.29) is 12.1 Å². The number of nitrogens with two attached hydrogens (primary N) is 2. The lowest BCUT2D eigenvalue weighted by Crippen LogP contribution is -2.42. The zero-order valence-electron chi connectivity index (χ0n) is 13.8. The number of pyridine rings is 1. The topological polar surface area (TPSA) is 106 Å². The lowest BCUT2D eigenvalue weighted by atomic mass is 9.91. The molecule has 1 aromatic carbocycles. The predicted octanol–water partition coefficient (Wildman–Crippen LogP) is 3.37. The fraction of sp³-hybridized carbons (Fsp3) is 0.333. The van der Waals surface area contributed by atoms with Crippen LogP contribution in [0.5, 0.6) is 0 Å². The average Bonchev–Trinajstić information content (AvgIpc) is 2.57. The van der Waals surface area contributed by atoms with Gasteiger partial charge in [0.1, 0.15) is 11.6 Å². The molecule has 1 fully saturated rings. The van der Waals surface area contributed by atoms with Crippen molar-refractivity contribution < 1.29 is 4.79 Å². The summed E-state index contributed by atoms with van der Waals surface area (Å²) in [6, 6.07) is 11.4. The summed E-state index contributed by atoms with van der Waals surface area (Å²) in [5.74, 6) is 0.593. The Hall–Kier alpha value is -2.12. The van der Waals surface area contributed by atoms with Crippen LogP contribution in [0.3, 0.4) is 0 Å². The van der Waals surface area contributed by atoms with Crippen LogP contribution in [-0.4, -0.2) is 23.0 Å². The van der Waals surface area contributed by atoms with Crippen LogP contribution in [0.25, 0.3) is 0 Å². The molecule has 6 N–H and O–H groups in total. The summed E-state index contributed by atoms with van der Waals surface area (Å²) in [6.07, 6.45) is 4.37. The van der Waals surface area contributed by atoms with E-state index in [1.54, 1.807) is 12.1 Å². The summed E-state index contributed by atoms with van der Waals surface area (Å²) in [7, 11) is 0. The Labute approximate surface area is 155 Å². The largest absolute Gasteiger partial charge is 0.366 e. The van der Waals surface area contributed by atoms with Crippen LogP contribution >= 0.6 is 15.9 Å². The molecule has 0 bridgehead atoms. The maximum absolute atomic E-state index is 11.7. The van der Waals surface area contributed by atoms with E-state index in [1.807, 2.05) is 24.3 Å². The van der Waals surface area contributed by atoms with Crippen molar-refractivity contribution in [1.29, 1.82) is 0 Å². The molecule has 1 amide bonds. The van der Waals surface area contributed by atoms with Crippen LogP contribution in [0, 0.1) is 0 Å². The van der Waals surface area contributed by atoms with Crippen LogP contribution in [0.2, 0.25) is 0 Å². The molecule has 7 heteroatoms. The van der Waals surface area contributed by atoms with Crippen molar-refractivity contribution in [2.45, 2.75) is 37.8 Å². The van der Waals surface area contributed by atoms with Gasteiger partial charge < -0.3 is 22.1 Å². The molecule has 1 aromatic heterocycles. The van der Waals surface area contributed by atoms with Crippen molar-refractivity contribution in [3.63, 3.8) is 0 Å². The molecule has 1 heterocycles. The number of benzene rings is 1.